The molecule has 1 heterocycles. The van der Waals surface area contributed by atoms with Gasteiger partial charge >= 0.3 is 11.9 Å². The van der Waals surface area contributed by atoms with Crippen LogP contribution in [0.25, 0.3) is 11.1 Å². The Morgan fingerprint density at radius 2 is 1.78 bits per heavy atom. The van der Waals surface area contributed by atoms with Crippen LogP contribution >= 0.6 is 0 Å². The molecule has 0 bridgehead atoms. The van der Waals surface area contributed by atoms with Gasteiger partial charge in [-0.05, 0) is 51.0 Å². The van der Waals surface area contributed by atoms with Crippen LogP contribution in [-0.2, 0) is 20.9 Å². The van der Waals surface area contributed by atoms with Crippen molar-refractivity contribution in [2.24, 2.45) is 5.41 Å². The fourth-order valence-corrected chi connectivity index (χ4v) is 3.39. The summed E-state index contributed by atoms with van der Waals surface area (Å²) in [6.07, 6.45) is 0.560. The molecule has 0 amide bonds. The van der Waals surface area contributed by atoms with Gasteiger partial charge in [0.15, 0.2) is 11.5 Å². The Kier molecular flexibility index (Phi) is 6.96. The van der Waals surface area contributed by atoms with E-state index < -0.39 is 5.41 Å². The van der Waals surface area contributed by atoms with Crippen molar-refractivity contribution in [2.45, 2.75) is 46.8 Å². The topological polar surface area (TPSA) is 80.3 Å². The van der Waals surface area contributed by atoms with Crippen LogP contribution in [-0.4, -0.2) is 38.9 Å². The van der Waals surface area contributed by atoms with Gasteiger partial charge in [-0.15, -0.1) is 0 Å². The molecule has 0 N–H and O–H groups in total. The monoisotopic (exact) mass is 442 g/mol. The maximum Gasteiger partial charge on any atom is 0.338 e. The summed E-state index contributed by atoms with van der Waals surface area (Å²) in [5, 5.41) is 0. The average Bonchev–Trinajstić information content (AvgIpc) is 3.17. The van der Waals surface area contributed by atoms with Crippen LogP contribution in [0.15, 0.2) is 30.3 Å². The fourth-order valence-electron chi connectivity index (χ4n) is 3.39. The molecule has 3 rings (SSSR count). The van der Waals surface area contributed by atoms with Crippen molar-refractivity contribution in [2.75, 3.05) is 20.8 Å². The largest absolute Gasteiger partial charge is 0.493 e. The summed E-state index contributed by atoms with van der Waals surface area (Å²) in [4.78, 5) is 24.7. The lowest BCUT2D eigenvalue weighted by atomic mass is 9.94. The van der Waals surface area contributed by atoms with Crippen LogP contribution in [0.1, 0.15) is 50.0 Å². The molecule has 2 aromatic rings. The molecule has 0 spiro atoms. The number of hydrogen-bond donors (Lipinski definition) is 0. The van der Waals surface area contributed by atoms with E-state index in [1.165, 1.54) is 7.11 Å². The smallest absolute Gasteiger partial charge is 0.338 e. The molecule has 0 aliphatic carbocycles. The molecule has 0 saturated heterocycles. The number of fused-ring (bicyclic) bond motifs is 1. The van der Waals surface area contributed by atoms with Crippen molar-refractivity contribution in [3.8, 4) is 28.4 Å². The van der Waals surface area contributed by atoms with Gasteiger partial charge in [-0.25, -0.2) is 4.79 Å². The van der Waals surface area contributed by atoms with E-state index in [0.29, 0.717) is 28.4 Å². The second-order valence-corrected chi connectivity index (χ2v) is 8.38. The standard InChI is InChI=1S/C25H30O7/c1-7-15(2)32-24(27)25(3,4)14-31-21-17(11-12-20(28-5)22(21)29-6)16-9-8-10-18-19(16)13-30-23(18)26/h8-12,15H,7,13-14H2,1-6H3/t15-/m0/s1. The zero-order valence-electron chi connectivity index (χ0n) is 19.4. The number of cyclic esters (lactones) is 1. The summed E-state index contributed by atoms with van der Waals surface area (Å²) in [5.74, 6) is 0.627. The number of carbonyl (C=O) groups excluding carboxylic acids is 2. The lowest BCUT2D eigenvalue weighted by Gasteiger charge is -2.26. The Morgan fingerprint density at radius 3 is 2.44 bits per heavy atom. The number of ether oxygens (including phenoxy) is 5. The van der Waals surface area contributed by atoms with E-state index in [1.54, 1.807) is 39.2 Å². The first-order valence-corrected chi connectivity index (χ1v) is 10.6. The van der Waals surface area contributed by atoms with Gasteiger partial charge in [0.1, 0.15) is 13.2 Å². The summed E-state index contributed by atoms with van der Waals surface area (Å²) in [6, 6.07) is 9.06. The van der Waals surface area contributed by atoms with Gasteiger partial charge in [-0.3, -0.25) is 4.79 Å². The third-order valence-corrected chi connectivity index (χ3v) is 5.55. The van der Waals surface area contributed by atoms with E-state index >= 15 is 0 Å². The highest BCUT2D eigenvalue weighted by atomic mass is 16.6. The maximum atomic E-state index is 12.7. The molecule has 0 radical (unpaired) electrons. The Morgan fingerprint density at radius 1 is 1.06 bits per heavy atom. The summed E-state index contributed by atoms with van der Waals surface area (Å²) in [6.45, 7) is 7.61. The highest BCUT2D eigenvalue weighted by molar-refractivity contribution is 5.96. The molecule has 1 aliphatic rings. The lowest BCUT2D eigenvalue weighted by molar-refractivity contribution is -0.160. The molecule has 0 aromatic heterocycles. The van der Waals surface area contributed by atoms with E-state index in [0.717, 1.165) is 17.5 Å². The van der Waals surface area contributed by atoms with Crippen molar-refractivity contribution in [3.05, 3.63) is 41.5 Å². The van der Waals surface area contributed by atoms with E-state index in [1.807, 2.05) is 26.0 Å². The lowest BCUT2D eigenvalue weighted by Crippen LogP contribution is -2.34. The number of hydrogen-bond acceptors (Lipinski definition) is 7. The van der Waals surface area contributed by atoms with Gasteiger partial charge in [0, 0.05) is 11.1 Å². The van der Waals surface area contributed by atoms with Crippen LogP contribution in [0.4, 0.5) is 0 Å². The SMILES string of the molecule is CC[C@H](C)OC(=O)C(C)(C)COc1c(-c2cccc3c2COC3=O)ccc(OC)c1OC. The third-order valence-electron chi connectivity index (χ3n) is 5.55. The number of carbonyl (C=O) groups is 2. The minimum atomic E-state index is -0.896. The highest BCUT2D eigenvalue weighted by Crippen LogP contribution is 2.46. The van der Waals surface area contributed by atoms with E-state index in [-0.39, 0.29) is 31.3 Å². The second kappa shape index (κ2) is 9.51. The summed E-state index contributed by atoms with van der Waals surface area (Å²) >= 11 is 0. The highest BCUT2D eigenvalue weighted by Gasteiger charge is 2.33. The van der Waals surface area contributed by atoms with Gasteiger partial charge in [0.2, 0.25) is 5.75 Å². The van der Waals surface area contributed by atoms with Gasteiger partial charge in [0.05, 0.1) is 31.3 Å². The molecular formula is C25H30O7. The Balaban J connectivity index is 2.02. The minimum Gasteiger partial charge on any atom is -0.493 e. The van der Waals surface area contributed by atoms with Gasteiger partial charge in [-0.1, -0.05) is 19.1 Å². The van der Waals surface area contributed by atoms with Crippen molar-refractivity contribution >= 4 is 11.9 Å². The Bertz CT molecular complexity index is 1010. The van der Waals surface area contributed by atoms with Crippen LogP contribution in [0.3, 0.4) is 0 Å². The first kappa shape index (κ1) is 23.4. The first-order valence-electron chi connectivity index (χ1n) is 10.6. The Hall–Kier alpha value is -3.22. The molecule has 7 nitrogen and oxygen atoms in total. The quantitative estimate of drug-likeness (QED) is 0.517. The maximum absolute atomic E-state index is 12.7. The zero-order chi connectivity index (χ0) is 23.5. The molecule has 0 fully saturated rings. The van der Waals surface area contributed by atoms with Crippen molar-refractivity contribution < 1.29 is 33.3 Å². The van der Waals surface area contributed by atoms with E-state index in [4.69, 9.17) is 23.7 Å². The molecule has 0 unspecified atom stereocenters. The number of benzene rings is 2. The van der Waals surface area contributed by atoms with Crippen LogP contribution < -0.4 is 14.2 Å². The summed E-state index contributed by atoms with van der Waals surface area (Å²) in [5.41, 5.74) is 1.92. The van der Waals surface area contributed by atoms with Crippen LogP contribution in [0, 0.1) is 5.41 Å². The molecule has 1 aliphatic heterocycles. The van der Waals surface area contributed by atoms with Crippen LogP contribution in [0.5, 0.6) is 17.2 Å². The van der Waals surface area contributed by atoms with Crippen LogP contribution in [0.2, 0.25) is 0 Å². The summed E-state index contributed by atoms with van der Waals surface area (Å²) < 4.78 is 28.0. The number of esters is 2. The normalized spacial score (nSPS) is 13.8. The van der Waals surface area contributed by atoms with Crippen molar-refractivity contribution in [1.82, 2.24) is 0 Å². The van der Waals surface area contributed by atoms with Crippen molar-refractivity contribution in [1.29, 1.82) is 0 Å². The predicted octanol–water partition coefficient (Wildman–Crippen LogP) is 4.79. The molecule has 172 valence electrons. The van der Waals surface area contributed by atoms with E-state index in [2.05, 4.69) is 0 Å². The molecule has 1 atom stereocenters. The van der Waals surface area contributed by atoms with E-state index in [9.17, 15) is 9.59 Å². The van der Waals surface area contributed by atoms with Gasteiger partial charge in [-0.2, -0.15) is 0 Å². The third kappa shape index (κ3) is 4.52. The minimum absolute atomic E-state index is 0.0588. The molecule has 2 aromatic carbocycles. The molecule has 0 saturated carbocycles. The fraction of sp³-hybridized carbons (Fsp3) is 0.440. The molecular weight excluding hydrogens is 412 g/mol. The second-order valence-electron chi connectivity index (χ2n) is 8.38. The average molecular weight is 443 g/mol. The molecule has 7 heteroatoms. The predicted molar refractivity (Wildman–Crippen MR) is 119 cm³/mol. The Labute approximate surface area is 188 Å². The summed E-state index contributed by atoms with van der Waals surface area (Å²) in [7, 11) is 3.07. The first-order chi connectivity index (χ1) is 15.2. The number of methoxy groups -OCH3 is 2. The number of rotatable bonds is 9. The van der Waals surface area contributed by atoms with Crippen molar-refractivity contribution in [3.63, 3.8) is 0 Å². The van der Waals surface area contributed by atoms with Gasteiger partial charge < -0.3 is 23.7 Å². The van der Waals surface area contributed by atoms with Gasteiger partial charge in [0.25, 0.3) is 0 Å². The zero-order valence-corrected chi connectivity index (χ0v) is 19.4. The molecule has 32 heavy (non-hydrogen) atoms.